The quantitative estimate of drug-likeness (QED) is 0.843. The molecule has 1 aliphatic heterocycles. The van der Waals surface area contributed by atoms with Crippen LogP contribution in [-0.2, 0) is 19.4 Å². The predicted octanol–water partition coefficient (Wildman–Crippen LogP) is 3.31. The number of rotatable bonds is 5. The number of hydrogen-bond acceptors (Lipinski definition) is 4. The minimum Gasteiger partial charge on any atom is -0.497 e. The summed E-state index contributed by atoms with van der Waals surface area (Å²) in [6, 6.07) is 13.1. The molecule has 1 unspecified atom stereocenters. The van der Waals surface area contributed by atoms with Crippen molar-refractivity contribution in [2.75, 3.05) is 28.4 Å². The number of methoxy groups -OCH3 is 3. The zero-order valence-electron chi connectivity index (χ0n) is 14.8. The Bertz CT molecular complexity index is 697. The first-order valence-electron chi connectivity index (χ1n) is 8.21. The van der Waals surface area contributed by atoms with Gasteiger partial charge in [-0.05, 0) is 60.8 Å². The Morgan fingerprint density at radius 3 is 2.12 bits per heavy atom. The van der Waals surface area contributed by atoms with Crippen molar-refractivity contribution in [1.82, 2.24) is 4.90 Å². The van der Waals surface area contributed by atoms with E-state index in [1.165, 1.54) is 16.7 Å². The van der Waals surface area contributed by atoms with Crippen LogP contribution in [0, 0.1) is 0 Å². The first kappa shape index (κ1) is 16.7. The highest BCUT2D eigenvalue weighted by molar-refractivity contribution is 5.48. The molecule has 2 aromatic rings. The summed E-state index contributed by atoms with van der Waals surface area (Å²) >= 11 is 0. The third kappa shape index (κ3) is 3.34. The maximum Gasteiger partial charge on any atom is 0.161 e. The number of nitrogens with zero attached hydrogens (tertiary/aromatic N) is 1. The van der Waals surface area contributed by atoms with Crippen LogP contribution in [0.4, 0.5) is 0 Å². The van der Waals surface area contributed by atoms with E-state index in [0.29, 0.717) is 6.04 Å². The molecule has 2 aromatic carbocycles. The molecule has 0 N–H and O–H groups in total. The Hall–Kier alpha value is -2.20. The molecule has 3 rings (SSSR count). The van der Waals surface area contributed by atoms with E-state index >= 15 is 0 Å². The van der Waals surface area contributed by atoms with Crippen LogP contribution in [0.1, 0.15) is 16.7 Å². The van der Waals surface area contributed by atoms with Crippen molar-refractivity contribution in [3.63, 3.8) is 0 Å². The average molecular weight is 327 g/mol. The van der Waals surface area contributed by atoms with Gasteiger partial charge in [0.15, 0.2) is 11.5 Å². The Morgan fingerprint density at radius 2 is 1.54 bits per heavy atom. The number of likely N-dealkylation sites (N-methyl/N-ethyl adjacent to an activating group) is 1. The van der Waals surface area contributed by atoms with Crippen LogP contribution in [-0.4, -0.2) is 39.3 Å². The summed E-state index contributed by atoms with van der Waals surface area (Å²) in [6.45, 7) is 0.927. The second-order valence-electron chi connectivity index (χ2n) is 6.30. The summed E-state index contributed by atoms with van der Waals surface area (Å²) in [5, 5.41) is 0. The van der Waals surface area contributed by atoms with Gasteiger partial charge in [0.05, 0.1) is 21.3 Å². The van der Waals surface area contributed by atoms with Crippen molar-refractivity contribution in [2.24, 2.45) is 0 Å². The zero-order valence-corrected chi connectivity index (χ0v) is 14.8. The van der Waals surface area contributed by atoms with Gasteiger partial charge in [0.25, 0.3) is 0 Å². The normalized spacial score (nSPS) is 17.2. The summed E-state index contributed by atoms with van der Waals surface area (Å²) in [5.41, 5.74) is 4.00. The van der Waals surface area contributed by atoms with Gasteiger partial charge in [0, 0.05) is 12.6 Å². The molecule has 0 saturated carbocycles. The molecule has 24 heavy (non-hydrogen) atoms. The van der Waals surface area contributed by atoms with Crippen LogP contribution in [0.3, 0.4) is 0 Å². The average Bonchev–Trinajstić information content (AvgIpc) is 2.62. The third-order valence-electron chi connectivity index (χ3n) is 4.83. The maximum absolute atomic E-state index is 5.46. The molecule has 0 fully saturated rings. The lowest BCUT2D eigenvalue weighted by atomic mass is 9.90. The van der Waals surface area contributed by atoms with Crippen molar-refractivity contribution in [2.45, 2.75) is 25.4 Å². The fraction of sp³-hybridized carbons (Fsp3) is 0.400. The minimum atomic E-state index is 0.476. The van der Waals surface area contributed by atoms with Crippen LogP contribution >= 0.6 is 0 Å². The molecule has 0 amide bonds. The monoisotopic (exact) mass is 327 g/mol. The fourth-order valence-corrected chi connectivity index (χ4v) is 3.37. The highest BCUT2D eigenvalue weighted by Gasteiger charge is 2.25. The molecular weight excluding hydrogens is 302 g/mol. The molecule has 0 aliphatic carbocycles. The van der Waals surface area contributed by atoms with Gasteiger partial charge in [-0.2, -0.15) is 0 Å². The number of ether oxygens (including phenoxy) is 3. The van der Waals surface area contributed by atoms with E-state index in [9.17, 15) is 0 Å². The van der Waals surface area contributed by atoms with Gasteiger partial charge >= 0.3 is 0 Å². The van der Waals surface area contributed by atoms with Gasteiger partial charge in [-0.15, -0.1) is 0 Å². The minimum absolute atomic E-state index is 0.476. The van der Waals surface area contributed by atoms with Gasteiger partial charge in [-0.3, -0.25) is 4.90 Å². The van der Waals surface area contributed by atoms with E-state index in [1.807, 2.05) is 12.1 Å². The Kier molecular flexibility index (Phi) is 4.95. The molecule has 4 nitrogen and oxygen atoms in total. The second kappa shape index (κ2) is 7.14. The van der Waals surface area contributed by atoms with E-state index in [-0.39, 0.29) is 0 Å². The van der Waals surface area contributed by atoms with E-state index in [0.717, 1.165) is 36.6 Å². The lowest BCUT2D eigenvalue weighted by molar-refractivity contribution is 0.213. The van der Waals surface area contributed by atoms with E-state index < -0.39 is 0 Å². The van der Waals surface area contributed by atoms with Crippen molar-refractivity contribution >= 4 is 0 Å². The molecule has 0 radical (unpaired) electrons. The fourth-order valence-electron chi connectivity index (χ4n) is 3.37. The van der Waals surface area contributed by atoms with E-state index in [2.05, 4.69) is 36.2 Å². The highest BCUT2D eigenvalue weighted by atomic mass is 16.5. The number of fused-ring (bicyclic) bond motifs is 1. The topological polar surface area (TPSA) is 30.9 Å². The zero-order chi connectivity index (χ0) is 17.1. The van der Waals surface area contributed by atoms with Crippen LogP contribution in [0.5, 0.6) is 17.2 Å². The molecule has 1 atom stereocenters. The third-order valence-corrected chi connectivity index (χ3v) is 4.83. The Labute approximate surface area is 144 Å². The van der Waals surface area contributed by atoms with Gasteiger partial charge in [0.1, 0.15) is 5.75 Å². The van der Waals surface area contributed by atoms with Crippen LogP contribution < -0.4 is 14.2 Å². The predicted molar refractivity (Wildman–Crippen MR) is 95.2 cm³/mol. The molecule has 1 heterocycles. The van der Waals surface area contributed by atoms with E-state index in [1.54, 1.807) is 21.3 Å². The molecule has 4 heteroatoms. The highest BCUT2D eigenvalue weighted by Crippen LogP contribution is 2.34. The van der Waals surface area contributed by atoms with Crippen molar-refractivity contribution in [3.8, 4) is 17.2 Å². The Balaban J connectivity index is 1.80. The summed E-state index contributed by atoms with van der Waals surface area (Å²) in [6.07, 6.45) is 2.03. The largest absolute Gasteiger partial charge is 0.497 e. The van der Waals surface area contributed by atoms with Crippen molar-refractivity contribution in [1.29, 1.82) is 0 Å². The molecular formula is C20H25NO3. The summed E-state index contributed by atoms with van der Waals surface area (Å²) in [7, 11) is 7.26. The smallest absolute Gasteiger partial charge is 0.161 e. The number of benzene rings is 2. The summed E-state index contributed by atoms with van der Waals surface area (Å²) in [4.78, 5) is 2.42. The van der Waals surface area contributed by atoms with Gasteiger partial charge in [-0.25, -0.2) is 0 Å². The van der Waals surface area contributed by atoms with Crippen LogP contribution in [0.2, 0.25) is 0 Å². The molecule has 0 spiro atoms. The standard InChI is InChI=1S/C20H25NO3/c1-21-13-16-12-20(24-4)19(23-3)11-15(16)10-17(21)9-14-5-7-18(22-2)8-6-14/h5-8,11-12,17H,9-10,13H2,1-4H3. The molecule has 0 saturated heterocycles. The van der Waals surface area contributed by atoms with Gasteiger partial charge in [0.2, 0.25) is 0 Å². The van der Waals surface area contributed by atoms with Crippen LogP contribution in [0.25, 0.3) is 0 Å². The first-order chi connectivity index (χ1) is 11.6. The van der Waals surface area contributed by atoms with E-state index in [4.69, 9.17) is 14.2 Å². The molecule has 1 aliphatic rings. The van der Waals surface area contributed by atoms with Crippen LogP contribution in [0.15, 0.2) is 36.4 Å². The SMILES string of the molecule is COc1ccc(CC2Cc3cc(OC)c(OC)cc3CN2C)cc1. The van der Waals surface area contributed by atoms with Gasteiger partial charge in [-0.1, -0.05) is 12.1 Å². The Morgan fingerprint density at radius 1 is 0.917 bits per heavy atom. The summed E-state index contributed by atoms with van der Waals surface area (Å²) in [5.74, 6) is 2.51. The van der Waals surface area contributed by atoms with Crippen molar-refractivity contribution in [3.05, 3.63) is 53.1 Å². The molecule has 128 valence electrons. The molecule has 0 bridgehead atoms. The number of hydrogen-bond donors (Lipinski definition) is 0. The maximum atomic E-state index is 5.46. The first-order valence-corrected chi connectivity index (χ1v) is 8.21. The summed E-state index contributed by atoms with van der Waals surface area (Å²) < 4.78 is 16.1. The lowest BCUT2D eigenvalue weighted by Gasteiger charge is -2.34. The molecule has 0 aromatic heterocycles. The second-order valence-corrected chi connectivity index (χ2v) is 6.30. The van der Waals surface area contributed by atoms with Gasteiger partial charge < -0.3 is 14.2 Å². The lowest BCUT2D eigenvalue weighted by Crippen LogP contribution is -2.39. The van der Waals surface area contributed by atoms with Crippen molar-refractivity contribution < 1.29 is 14.2 Å².